The zero-order chi connectivity index (χ0) is 19.0. The lowest BCUT2D eigenvalue weighted by Gasteiger charge is -2.31. The summed E-state index contributed by atoms with van der Waals surface area (Å²) in [5.41, 5.74) is 4.03. The lowest BCUT2D eigenvalue weighted by Crippen LogP contribution is -2.40. The van der Waals surface area contributed by atoms with E-state index in [2.05, 4.69) is 35.3 Å². The zero-order valence-corrected chi connectivity index (χ0v) is 17.0. The number of hydrogen-bond acceptors (Lipinski definition) is 4. The first-order valence-electron chi connectivity index (χ1n) is 9.19. The second kappa shape index (κ2) is 7.49. The first-order valence-corrected chi connectivity index (χ1v) is 10.4. The molecule has 140 valence electrons. The lowest BCUT2D eigenvalue weighted by molar-refractivity contribution is -0.120. The van der Waals surface area contributed by atoms with E-state index in [1.807, 2.05) is 25.1 Å². The third-order valence-corrected chi connectivity index (χ3v) is 6.52. The molecule has 4 rings (SSSR count). The summed E-state index contributed by atoms with van der Waals surface area (Å²) in [6.45, 7) is 5.69. The Bertz CT molecular complexity index is 1000. The number of benzene rings is 2. The van der Waals surface area contributed by atoms with Crippen LogP contribution in [0.15, 0.2) is 36.4 Å². The Hall–Kier alpha value is -2.11. The number of nitrogens with zero attached hydrogens (tertiary/aromatic N) is 2. The third kappa shape index (κ3) is 3.94. The molecule has 1 saturated heterocycles. The molecular weight excluding hydrogens is 378 g/mol. The van der Waals surface area contributed by atoms with Crippen LogP contribution in [0.1, 0.15) is 24.0 Å². The Morgan fingerprint density at radius 1 is 1.26 bits per heavy atom. The van der Waals surface area contributed by atoms with Crippen LogP contribution in [0, 0.1) is 19.8 Å². The van der Waals surface area contributed by atoms with Gasteiger partial charge in [-0.05, 0) is 62.1 Å². The second-order valence-electron chi connectivity index (χ2n) is 7.21. The second-order valence-corrected chi connectivity index (χ2v) is 8.62. The molecule has 1 unspecified atom stereocenters. The topological polar surface area (TPSA) is 45.2 Å². The summed E-state index contributed by atoms with van der Waals surface area (Å²) in [7, 11) is 0. The van der Waals surface area contributed by atoms with E-state index in [4.69, 9.17) is 16.6 Å². The third-order valence-electron chi connectivity index (χ3n) is 5.03. The molecule has 2 aromatic carbocycles. The smallest absolute Gasteiger partial charge is 0.229 e. The Morgan fingerprint density at radius 2 is 2.11 bits per heavy atom. The highest BCUT2D eigenvalue weighted by molar-refractivity contribution is 7.22. The van der Waals surface area contributed by atoms with Gasteiger partial charge in [-0.15, -0.1) is 0 Å². The number of nitrogens with one attached hydrogen (secondary N) is 1. The van der Waals surface area contributed by atoms with Crippen molar-refractivity contribution in [2.75, 3.05) is 23.3 Å². The van der Waals surface area contributed by atoms with Gasteiger partial charge < -0.3 is 10.2 Å². The average molecular weight is 400 g/mol. The zero-order valence-electron chi connectivity index (χ0n) is 15.5. The van der Waals surface area contributed by atoms with Crippen molar-refractivity contribution in [3.8, 4) is 0 Å². The molecule has 2 heterocycles. The molecular formula is C21H22ClN3OS. The number of aromatic nitrogens is 1. The number of amides is 1. The van der Waals surface area contributed by atoms with Crippen LogP contribution < -0.4 is 10.2 Å². The van der Waals surface area contributed by atoms with Crippen LogP contribution in [0.4, 0.5) is 10.8 Å². The number of thiazole rings is 1. The van der Waals surface area contributed by atoms with Gasteiger partial charge in [-0.25, -0.2) is 4.98 Å². The van der Waals surface area contributed by atoms with Crippen LogP contribution in [-0.2, 0) is 4.79 Å². The van der Waals surface area contributed by atoms with Crippen molar-refractivity contribution >= 4 is 49.9 Å². The highest BCUT2D eigenvalue weighted by Gasteiger charge is 2.27. The summed E-state index contributed by atoms with van der Waals surface area (Å²) < 4.78 is 1.20. The molecule has 0 saturated carbocycles. The summed E-state index contributed by atoms with van der Waals surface area (Å²) in [5, 5.41) is 4.69. The highest BCUT2D eigenvalue weighted by Crippen LogP contribution is 2.32. The van der Waals surface area contributed by atoms with Crippen molar-refractivity contribution in [2.24, 2.45) is 5.92 Å². The Balaban J connectivity index is 1.48. The van der Waals surface area contributed by atoms with Gasteiger partial charge in [0.15, 0.2) is 5.13 Å². The van der Waals surface area contributed by atoms with E-state index in [0.717, 1.165) is 41.3 Å². The Morgan fingerprint density at radius 3 is 2.93 bits per heavy atom. The SMILES string of the molecule is Cc1ccc2nc(N3CCCC(C(=O)Nc4ccc(C)c(Cl)c4)C3)sc2c1. The molecule has 1 amide bonds. The van der Waals surface area contributed by atoms with E-state index >= 15 is 0 Å². The molecule has 1 N–H and O–H groups in total. The molecule has 0 spiro atoms. The van der Waals surface area contributed by atoms with Crippen LogP contribution in [0.2, 0.25) is 5.02 Å². The molecule has 1 aromatic heterocycles. The number of aryl methyl sites for hydroxylation is 2. The number of carbonyl (C=O) groups is 1. The van der Waals surface area contributed by atoms with E-state index in [1.165, 1.54) is 10.3 Å². The highest BCUT2D eigenvalue weighted by atomic mass is 35.5. The fourth-order valence-corrected chi connectivity index (χ4v) is 4.71. The first-order chi connectivity index (χ1) is 13.0. The van der Waals surface area contributed by atoms with Crippen LogP contribution in [0.3, 0.4) is 0 Å². The van der Waals surface area contributed by atoms with Crippen molar-refractivity contribution in [3.05, 3.63) is 52.5 Å². The molecule has 1 aliphatic heterocycles. The van der Waals surface area contributed by atoms with Gasteiger partial charge >= 0.3 is 0 Å². The summed E-state index contributed by atoms with van der Waals surface area (Å²) in [6.07, 6.45) is 1.88. The number of hydrogen-bond donors (Lipinski definition) is 1. The van der Waals surface area contributed by atoms with Gasteiger partial charge in [0.2, 0.25) is 5.91 Å². The molecule has 0 aliphatic carbocycles. The molecule has 4 nitrogen and oxygen atoms in total. The van der Waals surface area contributed by atoms with Gasteiger partial charge in [-0.1, -0.05) is 35.1 Å². The van der Waals surface area contributed by atoms with Gasteiger partial charge in [0, 0.05) is 23.8 Å². The maximum atomic E-state index is 12.8. The summed E-state index contributed by atoms with van der Waals surface area (Å²) in [5.74, 6) is 0.00384. The van der Waals surface area contributed by atoms with E-state index in [9.17, 15) is 4.79 Å². The van der Waals surface area contributed by atoms with Crippen molar-refractivity contribution in [1.29, 1.82) is 0 Å². The molecule has 0 bridgehead atoms. The van der Waals surface area contributed by atoms with Gasteiger partial charge in [0.25, 0.3) is 0 Å². The normalized spacial score (nSPS) is 17.3. The van der Waals surface area contributed by atoms with Gasteiger partial charge in [-0.3, -0.25) is 4.79 Å². The number of piperidine rings is 1. The quantitative estimate of drug-likeness (QED) is 0.639. The minimum atomic E-state index is -0.0485. The van der Waals surface area contributed by atoms with Crippen molar-refractivity contribution in [3.63, 3.8) is 0 Å². The van der Waals surface area contributed by atoms with Crippen molar-refractivity contribution in [2.45, 2.75) is 26.7 Å². The molecule has 3 aromatic rings. The molecule has 1 atom stereocenters. The minimum absolute atomic E-state index is 0.0485. The number of anilines is 2. The predicted molar refractivity (Wildman–Crippen MR) is 114 cm³/mol. The molecule has 1 aliphatic rings. The average Bonchev–Trinajstić information content (AvgIpc) is 3.08. The van der Waals surface area contributed by atoms with Crippen molar-refractivity contribution in [1.82, 2.24) is 4.98 Å². The Labute approximate surface area is 168 Å². The summed E-state index contributed by atoms with van der Waals surface area (Å²) in [4.78, 5) is 19.8. The largest absolute Gasteiger partial charge is 0.347 e. The Kier molecular flexibility index (Phi) is 5.06. The standard InChI is InChI=1S/C21H22ClN3OS/c1-13-5-8-18-19(10-13)27-21(24-18)25-9-3-4-15(12-25)20(26)23-16-7-6-14(2)17(22)11-16/h5-8,10-11,15H,3-4,9,12H2,1-2H3,(H,23,26). The maximum absolute atomic E-state index is 12.8. The number of halogens is 1. The monoisotopic (exact) mass is 399 g/mol. The van der Waals surface area contributed by atoms with Crippen LogP contribution in [0.25, 0.3) is 10.2 Å². The summed E-state index contributed by atoms with van der Waals surface area (Å²) in [6, 6.07) is 12.0. The first kappa shape index (κ1) is 18.3. The van der Waals surface area contributed by atoms with E-state index < -0.39 is 0 Å². The molecule has 1 fully saturated rings. The fraction of sp³-hybridized carbons (Fsp3) is 0.333. The predicted octanol–water partition coefficient (Wildman–Crippen LogP) is 5.42. The molecule has 27 heavy (non-hydrogen) atoms. The van der Waals surface area contributed by atoms with E-state index in [-0.39, 0.29) is 11.8 Å². The molecule has 0 radical (unpaired) electrons. The van der Waals surface area contributed by atoms with Gasteiger partial charge in [-0.2, -0.15) is 0 Å². The van der Waals surface area contributed by atoms with Crippen molar-refractivity contribution < 1.29 is 4.79 Å². The number of rotatable bonds is 3. The number of carbonyl (C=O) groups excluding carboxylic acids is 1. The molecule has 6 heteroatoms. The lowest BCUT2D eigenvalue weighted by atomic mass is 9.97. The minimum Gasteiger partial charge on any atom is -0.347 e. The van der Waals surface area contributed by atoms with Crippen LogP contribution in [0.5, 0.6) is 0 Å². The summed E-state index contributed by atoms with van der Waals surface area (Å²) >= 11 is 7.87. The fourth-order valence-electron chi connectivity index (χ4n) is 3.43. The number of fused-ring (bicyclic) bond motifs is 1. The van der Waals surface area contributed by atoms with Crippen LogP contribution in [-0.4, -0.2) is 24.0 Å². The van der Waals surface area contributed by atoms with Gasteiger partial charge in [0.05, 0.1) is 16.1 Å². The van der Waals surface area contributed by atoms with E-state index in [0.29, 0.717) is 11.6 Å². The maximum Gasteiger partial charge on any atom is 0.229 e. The van der Waals surface area contributed by atoms with E-state index in [1.54, 1.807) is 11.3 Å². The van der Waals surface area contributed by atoms with Crippen LogP contribution >= 0.6 is 22.9 Å². The van der Waals surface area contributed by atoms with Gasteiger partial charge in [0.1, 0.15) is 0 Å².